The summed E-state index contributed by atoms with van der Waals surface area (Å²) in [4.78, 5) is 31.9. The molecule has 0 unspecified atom stereocenters. The van der Waals surface area contributed by atoms with Gasteiger partial charge in [0, 0.05) is 0 Å². The molecular formula is C6H2N7O4+. The zero-order valence-corrected chi connectivity index (χ0v) is 7.89. The van der Waals surface area contributed by atoms with Crippen molar-refractivity contribution in [3.63, 3.8) is 0 Å². The fourth-order valence-corrected chi connectivity index (χ4v) is 1.03. The maximum Gasteiger partial charge on any atom is 0.340 e. The van der Waals surface area contributed by atoms with Crippen LogP contribution in [0.15, 0.2) is 31.1 Å². The standard InChI is InChI=1S/C6H2N7O4/c7-11-9-4-2(13(16)17)1-3(14)6(15)5(4)10-12-8/h1,8H/q+1. The summed E-state index contributed by atoms with van der Waals surface area (Å²) in [5.41, 5.74) is 3.13. The summed E-state index contributed by atoms with van der Waals surface area (Å²) >= 11 is 0. The van der Waals surface area contributed by atoms with Crippen molar-refractivity contribution in [1.82, 2.24) is 0 Å². The van der Waals surface area contributed by atoms with Crippen molar-refractivity contribution in [2.24, 2.45) is 15.4 Å². The SMILES string of the molecule is N#[N+]N=c1c([N+](=O)[O-])cc(=O)c(=O)c1=NN=N. The number of nitrogens with zero attached hydrogens (tertiary/aromatic N) is 6. The topological polar surface area (TPSA) is 166 Å². The van der Waals surface area contributed by atoms with Crippen LogP contribution in [-0.4, -0.2) is 4.92 Å². The minimum atomic E-state index is -1.23. The van der Waals surface area contributed by atoms with Gasteiger partial charge in [-0.05, 0) is 0 Å². The third-order valence-electron chi connectivity index (χ3n) is 1.67. The molecule has 11 heteroatoms. The Hall–Kier alpha value is -3.16. The number of nitrogens with one attached hydrogen (secondary N) is 1. The molecule has 0 radical (unpaired) electrons. The Morgan fingerprint density at radius 1 is 1.41 bits per heavy atom. The second-order valence-corrected chi connectivity index (χ2v) is 2.57. The van der Waals surface area contributed by atoms with E-state index in [1.54, 1.807) is 0 Å². The Balaban J connectivity index is 4.16. The summed E-state index contributed by atoms with van der Waals surface area (Å²) in [6, 6.07) is 0.426. The van der Waals surface area contributed by atoms with Gasteiger partial charge >= 0.3 is 10.8 Å². The zero-order chi connectivity index (χ0) is 13.0. The highest BCUT2D eigenvalue weighted by atomic mass is 16.6. The maximum absolute atomic E-state index is 11.3. The molecule has 0 amide bonds. The van der Waals surface area contributed by atoms with Gasteiger partial charge in [-0.1, -0.05) is 5.22 Å². The number of hydrogen-bond acceptors (Lipinski definition) is 8. The molecule has 1 N–H and O–H groups in total. The van der Waals surface area contributed by atoms with Crippen molar-refractivity contribution < 1.29 is 4.92 Å². The molecule has 1 aromatic rings. The molecule has 0 saturated heterocycles. The van der Waals surface area contributed by atoms with Gasteiger partial charge in [0.1, 0.15) is 0 Å². The van der Waals surface area contributed by atoms with E-state index in [9.17, 15) is 19.7 Å². The summed E-state index contributed by atoms with van der Waals surface area (Å²) in [5, 5.41) is 27.8. The molecule has 0 heterocycles. The average molecular weight is 236 g/mol. The molecule has 17 heavy (non-hydrogen) atoms. The molecule has 0 saturated carbocycles. The van der Waals surface area contributed by atoms with E-state index in [2.05, 4.69) is 20.5 Å². The molecule has 0 spiro atoms. The number of rotatable bonds is 2. The van der Waals surface area contributed by atoms with Crippen LogP contribution in [0.3, 0.4) is 0 Å². The lowest BCUT2D eigenvalue weighted by atomic mass is 10.2. The lowest BCUT2D eigenvalue weighted by Crippen LogP contribution is -2.48. The minimum Gasteiger partial charge on any atom is -0.285 e. The molecule has 0 aliphatic heterocycles. The van der Waals surface area contributed by atoms with Gasteiger partial charge in [0.15, 0.2) is 10.5 Å². The van der Waals surface area contributed by atoms with Crippen LogP contribution in [-0.2, 0) is 0 Å². The first kappa shape index (κ1) is 11.9. The Bertz CT molecular complexity index is 749. The van der Waals surface area contributed by atoms with Crippen LogP contribution in [0.2, 0.25) is 0 Å². The van der Waals surface area contributed by atoms with Gasteiger partial charge in [-0.15, -0.1) is 5.10 Å². The number of nitro groups is 1. The fraction of sp³-hybridized carbons (Fsp3) is 0. The van der Waals surface area contributed by atoms with Crippen molar-refractivity contribution in [1.29, 1.82) is 10.9 Å². The monoisotopic (exact) mass is 236 g/mol. The predicted molar refractivity (Wildman–Crippen MR) is 49.4 cm³/mol. The highest BCUT2D eigenvalue weighted by Gasteiger charge is 2.19. The smallest absolute Gasteiger partial charge is 0.285 e. The number of non-ortho nitro benzene ring substituents is 1. The van der Waals surface area contributed by atoms with E-state index in [4.69, 9.17) is 10.9 Å². The van der Waals surface area contributed by atoms with Crippen LogP contribution in [0.25, 0.3) is 5.08 Å². The fourth-order valence-electron chi connectivity index (χ4n) is 1.03. The molecule has 84 valence electrons. The largest absolute Gasteiger partial charge is 0.340 e. The Morgan fingerprint density at radius 3 is 2.53 bits per heavy atom. The van der Waals surface area contributed by atoms with Gasteiger partial charge in [-0.2, -0.15) is 5.53 Å². The molecule has 0 aliphatic rings. The van der Waals surface area contributed by atoms with E-state index in [-0.39, 0.29) is 0 Å². The normalized spacial score (nSPS) is 12.2. The number of diazo groups is 1. The second-order valence-electron chi connectivity index (χ2n) is 2.57. The molecule has 0 aromatic heterocycles. The van der Waals surface area contributed by atoms with Crippen molar-refractivity contribution in [3.05, 3.63) is 52.4 Å². The van der Waals surface area contributed by atoms with Crippen LogP contribution in [0.1, 0.15) is 0 Å². The Labute approximate surface area is 90.3 Å². The third-order valence-corrected chi connectivity index (χ3v) is 1.67. The molecule has 0 aliphatic carbocycles. The number of hydrogen-bond donors (Lipinski definition) is 1. The summed E-state index contributed by atoms with van der Waals surface area (Å²) in [6.45, 7) is 0. The maximum atomic E-state index is 11.3. The zero-order valence-electron chi connectivity index (χ0n) is 7.89. The highest BCUT2D eigenvalue weighted by molar-refractivity contribution is 5.28. The number of benzene rings is 1. The Morgan fingerprint density at radius 2 is 2.06 bits per heavy atom. The predicted octanol–water partition coefficient (Wildman–Crippen LogP) is -1.29. The summed E-state index contributed by atoms with van der Waals surface area (Å²) in [6.07, 6.45) is 0. The van der Waals surface area contributed by atoms with Gasteiger partial charge in [0.05, 0.1) is 11.0 Å². The minimum absolute atomic E-state index is 0.426. The highest BCUT2D eigenvalue weighted by Crippen LogP contribution is 1.95. The van der Waals surface area contributed by atoms with Crippen LogP contribution in [0, 0.1) is 21.0 Å². The molecule has 1 aromatic carbocycles. The van der Waals surface area contributed by atoms with Crippen molar-refractivity contribution in [2.75, 3.05) is 0 Å². The third kappa shape index (κ3) is 2.09. The first-order chi connectivity index (χ1) is 8.02. The van der Waals surface area contributed by atoms with Crippen molar-refractivity contribution in [2.45, 2.75) is 0 Å². The molecule has 0 bridgehead atoms. The van der Waals surface area contributed by atoms with Crippen molar-refractivity contribution in [3.8, 4) is 0 Å². The molecular weight excluding hydrogens is 234 g/mol. The molecule has 0 fully saturated rings. The average Bonchev–Trinajstić information content (AvgIpc) is 2.28. The molecule has 0 atom stereocenters. The van der Waals surface area contributed by atoms with Gasteiger partial charge in [-0.3, -0.25) is 19.7 Å². The van der Waals surface area contributed by atoms with E-state index in [0.717, 1.165) is 0 Å². The lowest BCUT2D eigenvalue weighted by molar-refractivity contribution is -0.386. The van der Waals surface area contributed by atoms with E-state index in [1.165, 1.54) is 0 Å². The van der Waals surface area contributed by atoms with E-state index >= 15 is 0 Å². The van der Waals surface area contributed by atoms with Crippen LogP contribution in [0.4, 0.5) is 5.69 Å². The van der Waals surface area contributed by atoms with Gasteiger partial charge < -0.3 is 0 Å². The first-order valence-electron chi connectivity index (χ1n) is 3.85. The number of nitro benzene ring substituents is 1. The van der Waals surface area contributed by atoms with E-state index in [0.29, 0.717) is 6.07 Å². The molecule has 1 rings (SSSR count). The van der Waals surface area contributed by atoms with Crippen molar-refractivity contribution >= 4 is 5.69 Å². The lowest BCUT2D eigenvalue weighted by Gasteiger charge is -1.86. The quantitative estimate of drug-likeness (QED) is 0.221. The second kappa shape index (κ2) is 4.57. The summed E-state index contributed by atoms with van der Waals surface area (Å²) in [7, 11) is 0. The van der Waals surface area contributed by atoms with Crippen LogP contribution in [0.5, 0.6) is 0 Å². The van der Waals surface area contributed by atoms with Gasteiger partial charge in [0.2, 0.25) is 5.43 Å². The summed E-state index contributed by atoms with van der Waals surface area (Å²) in [5.74, 6) is 0. The van der Waals surface area contributed by atoms with E-state index < -0.39 is 32.2 Å². The van der Waals surface area contributed by atoms with Gasteiger partial charge in [-0.25, -0.2) is 0 Å². The summed E-state index contributed by atoms with van der Waals surface area (Å²) < 4.78 is 0. The van der Waals surface area contributed by atoms with Crippen LogP contribution >= 0.6 is 0 Å². The Kier molecular flexibility index (Phi) is 3.20. The van der Waals surface area contributed by atoms with E-state index in [1.807, 2.05) is 0 Å². The first-order valence-corrected chi connectivity index (χ1v) is 3.85. The molecule has 11 nitrogen and oxygen atoms in total. The van der Waals surface area contributed by atoms with Crippen LogP contribution < -0.4 is 21.6 Å². The van der Waals surface area contributed by atoms with Gasteiger partial charge in [0.25, 0.3) is 16.2 Å².